The molecule has 2 aliphatic heterocycles. The molecule has 2 heterocycles. The molecule has 17 heavy (non-hydrogen) atoms. The Morgan fingerprint density at radius 2 is 1.94 bits per heavy atom. The van der Waals surface area contributed by atoms with Crippen LogP contribution in [-0.4, -0.2) is 50.3 Å². The monoisotopic (exact) mass is 240 g/mol. The third-order valence-electron chi connectivity index (χ3n) is 3.94. The van der Waals surface area contributed by atoms with Crippen molar-refractivity contribution in [2.75, 3.05) is 39.3 Å². The molecule has 0 aliphatic carbocycles. The van der Waals surface area contributed by atoms with Crippen molar-refractivity contribution in [3.8, 4) is 0 Å². The number of likely N-dealkylation sites (tertiary alicyclic amines) is 1. The summed E-state index contributed by atoms with van der Waals surface area (Å²) in [6.07, 6.45) is 9.75. The van der Waals surface area contributed by atoms with Crippen LogP contribution in [0.4, 0.5) is 0 Å². The van der Waals surface area contributed by atoms with Crippen molar-refractivity contribution in [1.29, 1.82) is 0 Å². The van der Waals surface area contributed by atoms with Gasteiger partial charge in [-0.3, -0.25) is 0 Å². The summed E-state index contributed by atoms with van der Waals surface area (Å²) < 4.78 is 5.72. The first-order chi connectivity index (χ1) is 8.45. The van der Waals surface area contributed by atoms with Crippen LogP contribution in [0, 0.1) is 0 Å². The Morgan fingerprint density at radius 1 is 1.06 bits per heavy atom. The van der Waals surface area contributed by atoms with Crippen LogP contribution in [0.2, 0.25) is 0 Å². The fraction of sp³-hybridized carbons (Fsp3) is 1.00. The van der Waals surface area contributed by atoms with Crippen LogP contribution in [0.3, 0.4) is 0 Å². The molecule has 0 aromatic rings. The van der Waals surface area contributed by atoms with Crippen LogP contribution in [0.1, 0.15) is 44.9 Å². The van der Waals surface area contributed by atoms with E-state index in [1.807, 2.05) is 0 Å². The van der Waals surface area contributed by atoms with Gasteiger partial charge in [0.25, 0.3) is 0 Å². The first kappa shape index (κ1) is 13.3. The maximum atomic E-state index is 5.72. The minimum absolute atomic E-state index is 0.537. The Balaban J connectivity index is 1.38. The van der Waals surface area contributed by atoms with Gasteiger partial charge in [0.15, 0.2) is 0 Å². The zero-order valence-electron chi connectivity index (χ0n) is 11.1. The predicted octanol–water partition coefficient (Wildman–Crippen LogP) is 2.02. The van der Waals surface area contributed by atoms with Crippen molar-refractivity contribution in [2.45, 2.75) is 51.0 Å². The van der Waals surface area contributed by atoms with Crippen LogP contribution in [0.5, 0.6) is 0 Å². The van der Waals surface area contributed by atoms with E-state index in [2.05, 4.69) is 10.2 Å². The van der Waals surface area contributed by atoms with Crippen LogP contribution in [-0.2, 0) is 4.74 Å². The van der Waals surface area contributed by atoms with Gasteiger partial charge in [-0.2, -0.15) is 0 Å². The van der Waals surface area contributed by atoms with E-state index in [1.54, 1.807) is 0 Å². The predicted molar refractivity (Wildman–Crippen MR) is 71.4 cm³/mol. The summed E-state index contributed by atoms with van der Waals surface area (Å²) in [7, 11) is 0. The molecule has 0 spiro atoms. The molecule has 2 saturated heterocycles. The van der Waals surface area contributed by atoms with E-state index in [0.29, 0.717) is 6.10 Å². The van der Waals surface area contributed by atoms with Gasteiger partial charge in [0, 0.05) is 6.61 Å². The standard InChI is InChI=1S/C14H28N2O/c1-4-13-17-14(6-1)7-9-15-8-5-12-16-10-2-3-11-16/h14-15H,1-13H2. The van der Waals surface area contributed by atoms with Gasteiger partial charge < -0.3 is 15.0 Å². The fourth-order valence-corrected chi connectivity index (χ4v) is 2.86. The SMILES string of the molecule is C1CCC(CCNCCCN2CCCC2)OC1. The number of nitrogens with one attached hydrogen (secondary N) is 1. The molecule has 1 unspecified atom stereocenters. The van der Waals surface area contributed by atoms with Crippen molar-refractivity contribution in [1.82, 2.24) is 10.2 Å². The normalized spacial score (nSPS) is 26.5. The molecule has 2 aliphatic rings. The van der Waals surface area contributed by atoms with Gasteiger partial charge in [-0.1, -0.05) is 0 Å². The Kier molecular flexibility index (Phi) is 6.32. The highest BCUT2D eigenvalue weighted by Gasteiger charge is 2.13. The first-order valence-electron chi connectivity index (χ1n) is 7.50. The van der Waals surface area contributed by atoms with E-state index in [0.717, 1.165) is 13.2 Å². The summed E-state index contributed by atoms with van der Waals surface area (Å²) in [5.74, 6) is 0. The largest absolute Gasteiger partial charge is 0.378 e. The summed E-state index contributed by atoms with van der Waals surface area (Å²) in [6.45, 7) is 7.23. The number of ether oxygens (including phenoxy) is 1. The topological polar surface area (TPSA) is 24.5 Å². The summed E-state index contributed by atoms with van der Waals surface area (Å²) in [4.78, 5) is 2.59. The zero-order chi connectivity index (χ0) is 11.8. The second kappa shape index (κ2) is 8.06. The van der Waals surface area contributed by atoms with Crippen molar-refractivity contribution < 1.29 is 4.74 Å². The number of rotatable bonds is 7. The third-order valence-corrected chi connectivity index (χ3v) is 3.94. The molecular weight excluding hydrogens is 212 g/mol. The molecule has 0 bridgehead atoms. The lowest BCUT2D eigenvalue weighted by molar-refractivity contribution is 0.0116. The highest BCUT2D eigenvalue weighted by molar-refractivity contribution is 4.67. The molecule has 1 atom stereocenters. The second-order valence-electron chi connectivity index (χ2n) is 5.43. The fourth-order valence-electron chi connectivity index (χ4n) is 2.86. The number of hydrogen-bond acceptors (Lipinski definition) is 3. The number of hydrogen-bond donors (Lipinski definition) is 1. The van der Waals surface area contributed by atoms with Gasteiger partial charge in [0.2, 0.25) is 0 Å². The Labute approximate surface area is 106 Å². The van der Waals surface area contributed by atoms with Gasteiger partial charge in [-0.05, 0) is 77.7 Å². The average molecular weight is 240 g/mol. The van der Waals surface area contributed by atoms with Gasteiger partial charge in [-0.25, -0.2) is 0 Å². The summed E-state index contributed by atoms with van der Waals surface area (Å²) in [5, 5.41) is 3.55. The summed E-state index contributed by atoms with van der Waals surface area (Å²) in [6, 6.07) is 0. The zero-order valence-corrected chi connectivity index (χ0v) is 11.1. The number of nitrogens with zero attached hydrogens (tertiary/aromatic N) is 1. The van der Waals surface area contributed by atoms with E-state index in [1.165, 1.54) is 71.1 Å². The maximum Gasteiger partial charge on any atom is 0.0587 e. The smallest absolute Gasteiger partial charge is 0.0587 e. The van der Waals surface area contributed by atoms with Gasteiger partial charge in [0.1, 0.15) is 0 Å². The molecule has 3 nitrogen and oxygen atoms in total. The van der Waals surface area contributed by atoms with E-state index in [4.69, 9.17) is 4.74 Å². The van der Waals surface area contributed by atoms with E-state index in [-0.39, 0.29) is 0 Å². The molecule has 2 fully saturated rings. The Morgan fingerprint density at radius 3 is 2.71 bits per heavy atom. The molecule has 0 amide bonds. The molecule has 3 heteroatoms. The van der Waals surface area contributed by atoms with Gasteiger partial charge >= 0.3 is 0 Å². The molecule has 0 aromatic carbocycles. The van der Waals surface area contributed by atoms with Crippen LogP contribution in [0.25, 0.3) is 0 Å². The molecule has 100 valence electrons. The quantitative estimate of drug-likeness (QED) is 0.689. The van der Waals surface area contributed by atoms with Crippen LogP contribution in [0.15, 0.2) is 0 Å². The minimum Gasteiger partial charge on any atom is -0.378 e. The Hall–Kier alpha value is -0.120. The molecule has 0 saturated carbocycles. The molecule has 1 N–H and O–H groups in total. The van der Waals surface area contributed by atoms with E-state index < -0.39 is 0 Å². The van der Waals surface area contributed by atoms with E-state index in [9.17, 15) is 0 Å². The van der Waals surface area contributed by atoms with Crippen molar-refractivity contribution in [3.63, 3.8) is 0 Å². The molecular formula is C14H28N2O. The van der Waals surface area contributed by atoms with Crippen molar-refractivity contribution in [3.05, 3.63) is 0 Å². The summed E-state index contributed by atoms with van der Waals surface area (Å²) in [5.41, 5.74) is 0. The highest BCUT2D eigenvalue weighted by atomic mass is 16.5. The van der Waals surface area contributed by atoms with Crippen LogP contribution < -0.4 is 5.32 Å². The Bertz CT molecular complexity index is 187. The van der Waals surface area contributed by atoms with Gasteiger partial charge in [-0.15, -0.1) is 0 Å². The van der Waals surface area contributed by atoms with Gasteiger partial charge in [0.05, 0.1) is 6.10 Å². The lowest BCUT2D eigenvalue weighted by Crippen LogP contribution is -2.28. The minimum atomic E-state index is 0.537. The highest BCUT2D eigenvalue weighted by Crippen LogP contribution is 2.14. The first-order valence-corrected chi connectivity index (χ1v) is 7.50. The van der Waals surface area contributed by atoms with Crippen molar-refractivity contribution in [2.24, 2.45) is 0 Å². The molecule has 0 aromatic heterocycles. The molecule has 2 rings (SSSR count). The van der Waals surface area contributed by atoms with Crippen molar-refractivity contribution >= 4 is 0 Å². The lowest BCUT2D eigenvalue weighted by Gasteiger charge is -2.22. The van der Waals surface area contributed by atoms with Crippen LogP contribution >= 0.6 is 0 Å². The maximum absolute atomic E-state index is 5.72. The van der Waals surface area contributed by atoms with E-state index >= 15 is 0 Å². The summed E-state index contributed by atoms with van der Waals surface area (Å²) >= 11 is 0. The average Bonchev–Trinajstić information content (AvgIpc) is 2.88. The third kappa shape index (κ3) is 5.36. The molecule has 0 radical (unpaired) electrons. The lowest BCUT2D eigenvalue weighted by atomic mass is 10.1. The second-order valence-corrected chi connectivity index (χ2v) is 5.43.